The van der Waals surface area contributed by atoms with Crippen molar-refractivity contribution in [2.75, 3.05) is 6.61 Å². The number of carbonyl (C=O) groups is 2. The minimum absolute atomic E-state index is 0.450. The van der Waals surface area contributed by atoms with Gasteiger partial charge in [0.2, 0.25) is 0 Å². The summed E-state index contributed by atoms with van der Waals surface area (Å²) in [5.74, 6) is 0. The highest BCUT2D eigenvalue weighted by Gasteiger charge is 1.88. The number of carbonyl (C=O) groups excluding carboxylic acids is 1. The van der Waals surface area contributed by atoms with Crippen molar-refractivity contribution in [2.24, 2.45) is 11.5 Å². The number of unbranched alkanes of at least 4 members (excludes halogenated alkanes) is 1. The number of carboxylic acid groups (broad SMARTS) is 1. The predicted molar refractivity (Wildman–Crippen MR) is 42.7 cm³/mol. The second-order valence-corrected chi connectivity index (χ2v) is 1.86. The van der Waals surface area contributed by atoms with E-state index < -0.39 is 12.2 Å². The lowest BCUT2D eigenvalue weighted by Gasteiger charge is -1.95. The van der Waals surface area contributed by atoms with Crippen molar-refractivity contribution in [3.8, 4) is 0 Å². The van der Waals surface area contributed by atoms with Gasteiger partial charge >= 0.3 is 12.2 Å². The molecule has 0 aliphatic rings. The van der Waals surface area contributed by atoms with Crippen LogP contribution < -0.4 is 11.5 Å². The van der Waals surface area contributed by atoms with Crippen LogP contribution in [0.5, 0.6) is 0 Å². The third-order valence-electron chi connectivity index (χ3n) is 0.742. The molecule has 0 unspecified atom stereocenters. The molecule has 0 atom stereocenters. The standard InChI is InChI=1S/C5H11NO2.CH3NO2/c1-2-3-4-8-5(6)7;2-1(3)4/h2-4H2,1H3,(H2,6,7);2H2,(H,3,4). The molecule has 0 aliphatic heterocycles. The van der Waals surface area contributed by atoms with Crippen LogP contribution in [-0.2, 0) is 4.74 Å². The summed E-state index contributed by atoms with van der Waals surface area (Å²) in [5, 5.41) is 7.19. The van der Waals surface area contributed by atoms with Gasteiger partial charge in [-0.15, -0.1) is 0 Å². The zero-order valence-electron chi connectivity index (χ0n) is 6.95. The zero-order valence-corrected chi connectivity index (χ0v) is 6.95. The molecule has 72 valence electrons. The van der Waals surface area contributed by atoms with Gasteiger partial charge in [0, 0.05) is 0 Å². The van der Waals surface area contributed by atoms with Crippen LogP contribution in [0.2, 0.25) is 0 Å². The smallest absolute Gasteiger partial charge is 0.404 e. The number of primary amides is 2. The average molecular weight is 178 g/mol. The van der Waals surface area contributed by atoms with Gasteiger partial charge in [-0.25, -0.2) is 9.59 Å². The maximum absolute atomic E-state index is 9.87. The van der Waals surface area contributed by atoms with Crippen LogP contribution in [0.25, 0.3) is 0 Å². The van der Waals surface area contributed by atoms with Gasteiger partial charge in [0.05, 0.1) is 6.61 Å². The lowest BCUT2D eigenvalue weighted by molar-refractivity contribution is 0.155. The Labute approximate surface area is 70.5 Å². The highest BCUT2D eigenvalue weighted by atomic mass is 16.5. The third-order valence-corrected chi connectivity index (χ3v) is 0.742. The van der Waals surface area contributed by atoms with Crippen LogP contribution in [0.15, 0.2) is 0 Å². The number of hydrogen-bond acceptors (Lipinski definition) is 3. The van der Waals surface area contributed by atoms with Crippen LogP contribution in [0.3, 0.4) is 0 Å². The van der Waals surface area contributed by atoms with Gasteiger partial charge in [0.25, 0.3) is 0 Å². The highest BCUT2D eigenvalue weighted by Crippen LogP contribution is 1.85. The monoisotopic (exact) mass is 178 g/mol. The molecule has 0 aromatic carbocycles. The molecule has 0 spiro atoms. The van der Waals surface area contributed by atoms with E-state index in [1.54, 1.807) is 0 Å². The van der Waals surface area contributed by atoms with Crippen LogP contribution in [0, 0.1) is 0 Å². The van der Waals surface area contributed by atoms with Crippen molar-refractivity contribution in [2.45, 2.75) is 19.8 Å². The van der Waals surface area contributed by atoms with E-state index in [9.17, 15) is 4.79 Å². The Hall–Kier alpha value is -1.46. The molecule has 12 heavy (non-hydrogen) atoms. The first-order valence-electron chi connectivity index (χ1n) is 3.41. The molecule has 0 radical (unpaired) electrons. The van der Waals surface area contributed by atoms with Crippen LogP contribution in [0.4, 0.5) is 9.59 Å². The first-order chi connectivity index (χ1) is 5.50. The second kappa shape index (κ2) is 9.54. The molecular weight excluding hydrogens is 164 g/mol. The molecule has 6 heteroatoms. The summed E-state index contributed by atoms with van der Waals surface area (Å²) in [4.78, 5) is 18.7. The molecule has 0 fully saturated rings. The Morgan fingerprint density at radius 2 is 1.83 bits per heavy atom. The summed E-state index contributed by atoms with van der Waals surface area (Å²) < 4.78 is 4.42. The van der Waals surface area contributed by atoms with Gasteiger partial charge in [0.1, 0.15) is 0 Å². The van der Waals surface area contributed by atoms with Crippen molar-refractivity contribution in [1.29, 1.82) is 0 Å². The maximum atomic E-state index is 9.87. The number of nitrogens with two attached hydrogens (primary N) is 2. The van der Waals surface area contributed by atoms with Crippen molar-refractivity contribution in [3.05, 3.63) is 0 Å². The largest absolute Gasteiger partial charge is 0.465 e. The Bertz CT molecular complexity index is 134. The quantitative estimate of drug-likeness (QED) is 0.545. The predicted octanol–water partition coefficient (Wildman–Crippen LogP) is 0.505. The highest BCUT2D eigenvalue weighted by molar-refractivity contribution is 5.64. The molecule has 0 saturated carbocycles. The van der Waals surface area contributed by atoms with E-state index >= 15 is 0 Å². The fraction of sp³-hybridized carbons (Fsp3) is 0.667. The Morgan fingerprint density at radius 3 is 2.08 bits per heavy atom. The molecule has 0 aliphatic carbocycles. The number of amides is 2. The van der Waals surface area contributed by atoms with Gasteiger partial charge in [-0.3, -0.25) is 0 Å². The van der Waals surface area contributed by atoms with E-state index in [-0.39, 0.29) is 0 Å². The molecule has 6 nitrogen and oxygen atoms in total. The van der Waals surface area contributed by atoms with Gasteiger partial charge in [0.15, 0.2) is 0 Å². The SMILES string of the molecule is CCCCOC(N)=O.NC(=O)O. The second-order valence-electron chi connectivity index (χ2n) is 1.86. The summed E-state index contributed by atoms with van der Waals surface area (Å²) in [6, 6.07) is 0. The van der Waals surface area contributed by atoms with Crippen molar-refractivity contribution < 1.29 is 19.4 Å². The minimum Gasteiger partial charge on any atom is -0.465 e. The summed E-state index contributed by atoms with van der Waals surface area (Å²) in [7, 11) is 0. The number of rotatable bonds is 3. The van der Waals surface area contributed by atoms with E-state index in [2.05, 4.69) is 16.2 Å². The van der Waals surface area contributed by atoms with E-state index in [0.717, 1.165) is 12.8 Å². The minimum atomic E-state index is -1.33. The molecular formula is C6H14N2O4. The normalized spacial score (nSPS) is 7.75. The molecule has 0 aromatic heterocycles. The van der Waals surface area contributed by atoms with Gasteiger partial charge in [-0.05, 0) is 6.42 Å². The lowest BCUT2D eigenvalue weighted by atomic mass is 10.4. The van der Waals surface area contributed by atoms with Crippen molar-refractivity contribution >= 4 is 12.2 Å². The van der Waals surface area contributed by atoms with E-state index in [1.807, 2.05) is 6.92 Å². The molecule has 0 aromatic rings. The van der Waals surface area contributed by atoms with Crippen LogP contribution >= 0.6 is 0 Å². The Morgan fingerprint density at radius 1 is 1.42 bits per heavy atom. The number of ether oxygens (including phenoxy) is 1. The number of hydrogen-bond donors (Lipinski definition) is 3. The molecule has 0 bridgehead atoms. The summed E-state index contributed by atoms with van der Waals surface area (Å²) >= 11 is 0. The molecule has 2 amide bonds. The first kappa shape index (κ1) is 13.2. The van der Waals surface area contributed by atoms with E-state index in [0.29, 0.717) is 6.61 Å². The van der Waals surface area contributed by atoms with Crippen molar-refractivity contribution in [3.63, 3.8) is 0 Å². The van der Waals surface area contributed by atoms with E-state index in [4.69, 9.17) is 9.90 Å². The summed E-state index contributed by atoms with van der Waals surface area (Å²) in [6.07, 6.45) is -0.102. The average Bonchev–Trinajstić information content (AvgIpc) is 1.86. The first-order valence-corrected chi connectivity index (χ1v) is 3.41. The van der Waals surface area contributed by atoms with Gasteiger partial charge < -0.3 is 21.3 Å². The fourth-order valence-corrected chi connectivity index (χ4v) is 0.317. The summed E-state index contributed by atoms with van der Waals surface area (Å²) in [6.45, 7) is 2.47. The van der Waals surface area contributed by atoms with Crippen molar-refractivity contribution in [1.82, 2.24) is 0 Å². The molecule has 0 heterocycles. The lowest BCUT2D eigenvalue weighted by Crippen LogP contribution is -2.13. The van der Waals surface area contributed by atoms with Crippen LogP contribution in [0.1, 0.15) is 19.8 Å². The molecule has 0 saturated heterocycles. The Kier molecular flexibility index (Phi) is 10.5. The molecule has 5 N–H and O–H groups in total. The topological polar surface area (TPSA) is 116 Å². The Balaban J connectivity index is 0. The van der Waals surface area contributed by atoms with Crippen LogP contribution in [-0.4, -0.2) is 23.9 Å². The fourth-order valence-electron chi connectivity index (χ4n) is 0.317. The van der Waals surface area contributed by atoms with Gasteiger partial charge in [-0.1, -0.05) is 13.3 Å². The van der Waals surface area contributed by atoms with Gasteiger partial charge in [-0.2, -0.15) is 0 Å². The summed E-state index contributed by atoms with van der Waals surface area (Å²) in [5.41, 5.74) is 8.70. The zero-order chi connectivity index (χ0) is 9.98. The third kappa shape index (κ3) is 38.7. The molecule has 0 rings (SSSR count). The van der Waals surface area contributed by atoms with E-state index in [1.165, 1.54) is 0 Å². The maximum Gasteiger partial charge on any atom is 0.404 e.